The number of anilines is 2. The van der Waals surface area contributed by atoms with E-state index in [2.05, 4.69) is 9.97 Å². The first-order valence-corrected chi connectivity index (χ1v) is 6.85. The first-order valence-electron chi connectivity index (χ1n) is 5.03. The van der Waals surface area contributed by atoms with Crippen molar-refractivity contribution in [3.8, 4) is 0 Å². The van der Waals surface area contributed by atoms with E-state index in [4.69, 9.17) is 5.73 Å². The number of sulfone groups is 1. The van der Waals surface area contributed by atoms with E-state index in [-0.39, 0.29) is 17.5 Å². The van der Waals surface area contributed by atoms with Crippen LogP contribution in [-0.4, -0.2) is 43.0 Å². The van der Waals surface area contributed by atoms with Crippen LogP contribution in [0.1, 0.15) is 5.69 Å². The van der Waals surface area contributed by atoms with Crippen LogP contribution in [0.25, 0.3) is 0 Å². The van der Waals surface area contributed by atoms with Gasteiger partial charge >= 0.3 is 0 Å². The van der Waals surface area contributed by atoms with Gasteiger partial charge in [-0.15, -0.1) is 0 Å². The maximum absolute atomic E-state index is 11.3. The SMILES string of the molecule is Cc1cc(N2CCS(=O)(=O)CC2)nc(N)n1. The van der Waals surface area contributed by atoms with E-state index in [1.807, 2.05) is 17.9 Å². The molecule has 0 aliphatic carbocycles. The van der Waals surface area contributed by atoms with Crippen LogP contribution in [0, 0.1) is 6.92 Å². The van der Waals surface area contributed by atoms with Gasteiger partial charge in [-0.25, -0.2) is 13.4 Å². The second kappa shape index (κ2) is 3.89. The lowest BCUT2D eigenvalue weighted by Gasteiger charge is -2.27. The van der Waals surface area contributed by atoms with E-state index in [1.165, 1.54) is 0 Å². The highest BCUT2D eigenvalue weighted by Gasteiger charge is 2.22. The zero-order valence-corrected chi connectivity index (χ0v) is 9.87. The zero-order valence-electron chi connectivity index (χ0n) is 9.05. The summed E-state index contributed by atoms with van der Waals surface area (Å²) in [6.45, 7) is 2.78. The maximum atomic E-state index is 11.3. The summed E-state index contributed by atoms with van der Waals surface area (Å²) in [5.41, 5.74) is 6.34. The summed E-state index contributed by atoms with van der Waals surface area (Å²) < 4.78 is 22.6. The second-order valence-electron chi connectivity index (χ2n) is 3.86. The van der Waals surface area contributed by atoms with Crippen molar-refractivity contribution in [1.82, 2.24) is 9.97 Å². The third-order valence-corrected chi connectivity index (χ3v) is 4.14. The first kappa shape index (κ1) is 11.1. The summed E-state index contributed by atoms with van der Waals surface area (Å²) in [5.74, 6) is 1.29. The molecule has 7 heteroatoms. The summed E-state index contributed by atoms with van der Waals surface area (Å²) in [6, 6.07) is 1.81. The average molecular weight is 242 g/mol. The van der Waals surface area contributed by atoms with Gasteiger partial charge in [-0.1, -0.05) is 0 Å². The minimum Gasteiger partial charge on any atom is -0.368 e. The van der Waals surface area contributed by atoms with Crippen molar-refractivity contribution in [3.63, 3.8) is 0 Å². The average Bonchev–Trinajstić information content (AvgIpc) is 2.15. The van der Waals surface area contributed by atoms with E-state index < -0.39 is 9.84 Å². The number of aromatic nitrogens is 2. The molecule has 1 saturated heterocycles. The largest absolute Gasteiger partial charge is 0.368 e. The molecule has 6 nitrogen and oxygen atoms in total. The molecule has 0 atom stereocenters. The molecular weight excluding hydrogens is 228 g/mol. The lowest BCUT2D eigenvalue weighted by atomic mass is 10.4. The van der Waals surface area contributed by atoms with Crippen LogP contribution < -0.4 is 10.6 Å². The first-order chi connectivity index (χ1) is 7.46. The van der Waals surface area contributed by atoms with Crippen molar-refractivity contribution in [1.29, 1.82) is 0 Å². The molecule has 0 aromatic carbocycles. The molecule has 1 aliphatic heterocycles. The molecule has 0 amide bonds. The van der Waals surface area contributed by atoms with Crippen molar-refractivity contribution in [2.45, 2.75) is 6.92 Å². The van der Waals surface area contributed by atoms with Crippen molar-refractivity contribution in [3.05, 3.63) is 11.8 Å². The number of nitrogen functional groups attached to an aromatic ring is 1. The van der Waals surface area contributed by atoms with E-state index in [0.717, 1.165) is 5.69 Å². The lowest BCUT2D eigenvalue weighted by Crippen LogP contribution is -2.40. The van der Waals surface area contributed by atoms with Gasteiger partial charge in [-0.3, -0.25) is 0 Å². The number of hydrogen-bond donors (Lipinski definition) is 1. The predicted octanol–water partition coefficient (Wildman–Crippen LogP) is -0.398. The van der Waals surface area contributed by atoms with Crippen LogP contribution in [0.3, 0.4) is 0 Å². The van der Waals surface area contributed by atoms with Crippen LogP contribution >= 0.6 is 0 Å². The van der Waals surface area contributed by atoms with Crippen LogP contribution in [0.4, 0.5) is 11.8 Å². The second-order valence-corrected chi connectivity index (χ2v) is 6.17. The highest BCUT2D eigenvalue weighted by Crippen LogP contribution is 2.16. The Morgan fingerprint density at radius 1 is 1.31 bits per heavy atom. The molecule has 1 aliphatic rings. The Hall–Kier alpha value is -1.37. The number of hydrogen-bond acceptors (Lipinski definition) is 6. The smallest absolute Gasteiger partial charge is 0.222 e. The molecule has 2 rings (SSSR count). The number of aryl methyl sites for hydroxylation is 1. The van der Waals surface area contributed by atoms with Gasteiger partial charge < -0.3 is 10.6 Å². The Bertz CT molecular complexity index is 466. The number of nitrogens with zero attached hydrogens (tertiary/aromatic N) is 3. The fourth-order valence-corrected chi connectivity index (χ4v) is 2.88. The molecule has 16 heavy (non-hydrogen) atoms. The van der Waals surface area contributed by atoms with Crippen molar-refractivity contribution in [2.75, 3.05) is 35.2 Å². The molecular formula is C9H14N4O2S. The van der Waals surface area contributed by atoms with Gasteiger partial charge in [0.25, 0.3) is 0 Å². The summed E-state index contributed by atoms with van der Waals surface area (Å²) >= 11 is 0. The molecule has 0 saturated carbocycles. The monoisotopic (exact) mass is 242 g/mol. The van der Waals surface area contributed by atoms with Gasteiger partial charge in [0.2, 0.25) is 5.95 Å². The highest BCUT2D eigenvalue weighted by atomic mass is 32.2. The van der Waals surface area contributed by atoms with E-state index in [9.17, 15) is 8.42 Å². The Morgan fingerprint density at radius 3 is 2.50 bits per heavy atom. The Morgan fingerprint density at radius 2 is 1.94 bits per heavy atom. The van der Waals surface area contributed by atoms with Gasteiger partial charge in [0.1, 0.15) is 5.82 Å². The van der Waals surface area contributed by atoms with E-state index in [1.54, 1.807) is 0 Å². The molecule has 0 bridgehead atoms. The Labute approximate surface area is 94.4 Å². The minimum absolute atomic E-state index is 0.177. The third-order valence-electron chi connectivity index (χ3n) is 2.53. The fourth-order valence-electron chi connectivity index (χ4n) is 1.68. The standard InChI is InChI=1S/C9H14N4O2S/c1-7-6-8(12-9(10)11-7)13-2-4-16(14,15)5-3-13/h6H,2-5H2,1H3,(H2,10,11,12). The Kier molecular flexibility index (Phi) is 2.71. The maximum Gasteiger partial charge on any atom is 0.222 e. The molecule has 0 spiro atoms. The van der Waals surface area contributed by atoms with Crippen LogP contribution in [0.5, 0.6) is 0 Å². The Balaban J connectivity index is 2.20. The minimum atomic E-state index is -2.86. The number of rotatable bonds is 1. The molecule has 0 unspecified atom stereocenters. The van der Waals surface area contributed by atoms with Crippen molar-refractivity contribution < 1.29 is 8.42 Å². The third kappa shape index (κ3) is 2.41. The summed E-state index contributed by atoms with van der Waals surface area (Å²) in [5, 5.41) is 0. The van der Waals surface area contributed by atoms with Crippen molar-refractivity contribution >= 4 is 21.6 Å². The molecule has 2 N–H and O–H groups in total. The van der Waals surface area contributed by atoms with Gasteiger partial charge in [-0.2, -0.15) is 4.98 Å². The topological polar surface area (TPSA) is 89.2 Å². The predicted molar refractivity (Wildman–Crippen MR) is 62.0 cm³/mol. The normalized spacial score (nSPS) is 19.7. The summed E-state index contributed by atoms with van der Waals surface area (Å²) in [6.07, 6.45) is 0. The van der Waals surface area contributed by atoms with E-state index in [0.29, 0.717) is 18.9 Å². The van der Waals surface area contributed by atoms with Crippen LogP contribution in [0.2, 0.25) is 0 Å². The summed E-state index contributed by atoms with van der Waals surface area (Å²) in [7, 11) is -2.86. The van der Waals surface area contributed by atoms with Gasteiger partial charge in [-0.05, 0) is 6.92 Å². The molecule has 2 heterocycles. The van der Waals surface area contributed by atoms with Gasteiger partial charge in [0, 0.05) is 24.8 Å². The van der Waals surface area contributed by atoms with Gasteiger partial charge in [0.15, 0.2) is 9.84 Å². The number of nitrogens with two attached hydrogens (primary N) is 1. The zero-order chi connectivity index (χ0) is 11.8. The molecule has 88 valence electrons. The van der Waals surface area contributed by atoms with E-state index >= 15 is 0 Å². The van der Waals surface area contributed by atoms with Crippen LogP contribution in [0.15, 0.2) is 6.07 Å². The molecule has 0 radical (unpaired) electrons. The molecule has 1 aromatic heterocycles. The van der Waals surface area contributed by atoms with Crippen LogP contribution in [-0.2, 0) is 9.84 Å². The van der Waals surface area contributed by atoms with Crippen molar-refractivity contribution in [2.24, 2.45) is 0 Å². The fraction of sp³-hybridized carbons (Fsp3) is 0.556. The summed E-state index contributed by atoms with van der Waals surface area (Å²) in [4.78, 5) is 10.0. The lowest BCUT2D eigenvalue weighted by molar-refractivity contribution is 0.586. The molecule has 1 aromatic rings. The molecule has 1 fully saturated rings. The van der Waals surface area contributed by atoms with Gasteiger partial charge in [0.05, 0.1) is 11.5 Å². The quantitative estimate of drug-likeness (QED) is 0.721. The highest BCUT2D eigenvalue weighted by molar-refractivity contribution is 7.91.